The molecule has 142 valence electrons. The molecule has 1 N–H and O–H groups in total. The summed E-state index contributed by atoms with van der Waals surface area (Å²) in [6, 6.07) is 12.7. The van der Waals surface area contributed by atoms with Crippen molar-refractivity contribution >= 4 is 17.3 Å². The van der Waals surface area contributed by atoms with Gasteiger partial charge in [-0.05, 0) is 56.3 Å². The second kappa shape index (κ2) is 8.93. The van der Waals surface area contributed by atoms with Crippen molar-refractivity contribution in [2.24, 2.45) is 5.16 Å². The molecule has 0 bridgehead atoms. The Kier molecular flexibility index (Phi) is 6.14. The molecule has 2 aromatic rings. The van der Waals surface area contributed by atoms with Crippen LogP contribution in [-0.4, -0.2) is 38.0 Å². The molecule has 1 heterocycles. The maximum Gasteiger partial charge on any atom is 0.265 e. The first kappa shape index (κ1) is 18.6. The lowest BCUT2D eigenvalue weighted by atomic mass is 10.1. The molecule has 0 atom stereocenters. The minimum atomic E-state index is -0.294. The number of nitrogens with one attached hydrogen (secondary N) is 1. The summed E-state index contributed by atoms with van der Waals surface area (Å²) in [5.74, 6) is 1.86. The van der Waals surface area contributed by atoms with Gasteiger partial charge in [-0.15, -0.1) is 0 Å². The van der Waals surface area contributed by atoms with Gasteiger partial charge in [0.25, 0.3) is 5.91 Å². The maximum absolute atomic E-state index is 12.0. The van der Waals surface area contributed by atoms with Crippen molar-refractivity contribution in [2.75, 3.05) is 31.7 Å². The van der Waals surface area contributed by atoms with Crippen LogP contribution < -0.4 is 19.5 Å². The van der Waals surface area contributed by atoms with Gasteiger partial charge in [0.05, 0.1) is 12.3 Å². The van der Waals surface area contributed by atoms with Crippen LogP contribution in [0.3, 0.4) is 0 Å². The van der Waals surface area contributed by atoms with Gasteiger partial charge in [-0.2, -0.15) is 0 Å². The van der Waals surface area contributed by atoms with Crippen LogP contribution in [0.5, 0.6) is 17.2 Å². The molecule has 1 aliphatic rings. The van der Waals surface area contributed by atoms with Crippen LogP contribution in [-0.2, 0) is 9.63 Å². The number of hydrogen-bond donors (Lipinski definition) is 1. The molecule has 0 saturated carbocycles. The minimum Gasteiger partial charge on any atom is -0.494 e. The summed E-state index contributed by atoms with van der Waals surface area (Å²) < 4.78 is 16.4. The highest BCUT2D eigenvalue weighted by Crippen LogP contribution is 2.30. The van der Waals surface area contributed by atoms with Crippen LogP contribution in [0, 0.1) is 0 Å². The van der Waals surface area contributed by atoms with Gasteiger partial charge in [-0.3, -0.25) is 4.79 Å². The predicted molar refractivity (Wildman–Crippen MR) is 102 cm³/mol. The molecule has 7 nitrogen and oxygen atoms in total. The Balaban J connectivity index is 1.51. The third-order valence-electron chi connectivity index (χ3n) is 3.81. The maximum atomic E-state index is 12.0. The van der Waals surface area contributed by atoms with Gasteiger partial charge in [0.2, 0.25) is 0 Å². The Bertz CT molecular complexity index is 818. The number of oxime groups is 1. The number of fused-ring (bicyclic) bond motifs is 1. The van der Waals surface area contributed by atoms with E-state index in [1.807, 2.05) is 25.1 Å². The molecule has 0 aliphatic carbocycles. The fourth-order valence-corrected chi connectivity index (χ4v) is 2.51. The SMILES string of the molecule is CCOc1ccc(NC(=O)CO/N=C(/C)c2ccc3c(c2)OCCO3)cc1. The van der Waals surface area contributed by atoms with Gasteiger partial charge in [-0.1, -0.05) is 5.16 Å². The Morgan fingerprint density at radius 3 is 2.59 bits per heavy atom. The predicted octanol–water partition coefficient (Wildman–Crippen LogP) is 3.24. The van der Waals surface area contributed by atoms with Crippen LogP contribution >= 0.6 is 0 Å². The monoisotopic (exact) mass is 370 g/mol. The van der Waals surface area contributed by atoms with E-state index in [1.54, 1.807) is 31.2 Å². The van der Waals surface area contributed by atoms with E-state index in [1.165, 1.54) is 0 Å². The number of carbonyl (C=O) groups is 1. The molecule has 0 radical (unpaired) electrons. The minimum absolute atomic E-state index is 0.185. The van der Waals surface area contributed by atoms with Crippen LogP contribution in [0.2, 0.25) is 0 Å². The van der Waals surface area contributed by atoms with E-state index in [4.69, 9.17) is 19.0 Å². The number of ether oxygens (including phenoxy) is 3. The van der Waals surface area contributed by atoms with E-state index in [-0.39, 0.29) is 12.5 Å². The van der Waals surface area contributed by atoms with Crippen molar-refractivity contribution in [2.45, 2.75) is 13.8 Å². The zero-order valence-corrected chi connectivity index (χ0v) is 15.4. The lowest BCUT2D eigenvalue weighted by molar-refractivity contribution is -0.120. The lowest BCUT2D eigenvalue weighted by Crippen LogP contribution is -2.17. The van der Waals surface area contributed by atoms with Crippen LogP contribution in [0.1, 0.15) is 19.4 Å². The quantitative estimate of drug-likeness (QED) is 0.598. The second-order valence-corrected chi connectivity index (χ2v) is 5.81. The Morgan fingerprint density at radius 2 is 1.85 bits per heavy atom. The van der Waals surface area contributed by atoms with Gasteiger partial charge < -0.3 is 24.4 Å². The van der Waals surface area contributed by atoms with E-state index in [9.17, 15) is 4.79 Å². The third-order valence-corrected chi connectivity index (χ3v) is 3.81. The largest absolute Gasteiger partial charge is 0.494 e. The van der Waals surface area contributed by atoms with E-state index in [0.29, 0.717) is 42.7 Å². The molecule has 0 spiro atoms. The average molecular weight is 370 g/mol. The van der Waals surface area contributed by atoms with Crippen molar-refractivity contribution in [3.8, 4) is 17.2 Å². The van der Waals surface area contributed by atoms with Crippen molar-refractivity contribution in [1.82, 2.24) is 0 Å². The Hall–Kier alpha value is -3.22. The van der Waals surface area contributed by atoms with E-state index >= 15 is 0 Å². The molecule has 0 unspecified atom stereocenters. The number of rotatable bonds is 7. The molecule has 3 rings (SSSR count). The summed E-state index contributed by atoms with van der Waals surface area (Å²) in [6.45, 7) is 5.20. The zero-order chi connectivity index (χ0) is 19.1. The number of amides is 1. The summed E-state index contributed by atoms with van der Waals surface area (Å²) in [5.41, 5.74) is 2.15. The first-order valence-electron chi connectivity index (χ1n) is 8.75. The fourth-order valence-electron chi connectivity index (χ4n) is 2.51. The van der Waals surface area contributed by atoms with Crippen molar-refractivity contribution < 1.29 is 23.8 Å². The normalized spacial score (nSPS) is 13.0. The second-order valence-electron chi connectivity index (χ2n) is 5.81. The molecule has 7 heteroatoms. The van der Waals surface area contributed by atoms with E-state index in [0.717, 1.165) is 11.3 Å². The zero-order valence-electron chi connectivity index (χ0n) is 15.4. The highest BCUT2D eigenvalue weighted by atomic mass is 16.6. The Labute approximate surface area is 157 Å². The van der Waals surface area contributed by atoms with Gasteiger partial charge in [0.1, 0.15) is 19.0 Å². The standard InChI is InChI=1S/C20H22N2O5/c1-3-24-17-7-5-16(6-8-17)21-20(23)13-27-22-14(2)15-4-9-18-19(12-15)26-11-10-25-18/h4-9,12H,3,10-11,13H2,1-2H3,(H,21,23)/b22-14-. The van der Waals surface area contributed by atoms with Crippen molar-refractivity contribution in [1.29, 1.82) is 0 Å². The number of benzene rings is 2. The molecule has 0 saturated heterocycles. The molecule has 2 aromatic carbocycles. The van der Waals surface area contributed by atoms with Crippen molar-refractivity contribution in [3.05, 3.63) is 48.0 Å². The number of anilines is 1. The summed E-state index contributed by atoms with van der Waals surface area (Å²) in [6.07, 6.45) is 0. The van der Waals surface area contributed by atoms with E-state index < -0.39 is 0 Å². The Morgan fingerprint density at radius 1 is 1.11 bits per heavy atom. The van der Waals surface area contributed by atoms with Crippen LogP contribution in [0.15, 0.2) is 47.6 Å². The fraction of sp³-hybridized carbons (Fsp3) is 0.300. The molecule has 1 aliphatic heterocycles. The molecular weight excluding hydrogens is 348 g/mol. The first-order valence-corrected chi connectivity index (χ1v) is 8.75. The lowest BCUT2D eigenvalue weighted by Gasteiger charge is -2.18. The number of nitrogens with zero attached hydrogens (tertiary/aromatic N) is 1. The smallest absolute Gasteiger partial charge is 0.265 e. The summed E-state index contributed by atoms with van der Waals surface area (Å²) in [4.78, 5) is 17.1. The number of hydrogen-bond acceptors (Lipinski definition) is 6. The third kappa shape index (κ3) is 5.13. The molecule has 0 aromatic heterocycles. The van der Waals surface area contributed by atoms with Crippen LogP contribution in [0.4, 0.5) is 5.69 Å². The van der Waals surface area contributed by atoms with Crippen molar-refractivity contribution in [3.63, 3.8) is 0 Å². The first-order chi connectivity index (χ1) is 13.2. The summed E-state index contributed by atoms with van der Waals surface area (Å²) in [5, 5.41) is 6.74. The molecular formula is C20H22N2O5. The van der Waals surface area contributed by atoms with Gasteiger partial charge >= 0.3 is 0 Å². The molecule has 27 heavy (non-hydrogen) atoms. The summed E-state index contributed by atoms with van der Waals surface area (Å²) >= 11 is 0. The van der Waals surface area contributed by atoms with Gasteiger partial charge in [0, 0.05) is 11.3 Å². The molecule has 1 amide bonds. The highest BCUT2D eigenvalue weighted by Gasteiger charge is 2.13. The van der Waals surface area contributed by atoms with Gasteiger partial charge in [-0.25, -0.2) is 0 Å². The van der Waals surface area contributed by atoms with Crippen LogP contribution in [0.25, 0.3) is 0 Å². The summed E-state index contributed by atoms with van der Waals surface area (Å²) in [7, 11) is 0. The van der Waals surface area contributed by atoms with E-state index in [2.05, 4.69) is 10.5 Å². The highest BCUT2D eigenvalue weighted by molar-refractivity contribution is 5.99. The topological polar surface area (TPSA) is 78.4 Å². The number of carbonyl (C=O) groups excluding carboxylic acids is 1. The average Bonchev–Trinajstić information content (AvgIpc) is 2.69. The van der Waals surface area contributed by atoms with Gasteiger partial charge in [0.15, 0.2) is 18.1 Å². The molecule has 0 fully saturated rings.